The fourth-order valence-electron chi connectivity index (χ4n) is 12.7. The Kier molecular flexibility index (Phi) is 62.2. The number of nitrogens with zero attached hydrogens (tertiary/aromatic N) is 1. The molecular formula is C77H157N4O12Si+. The van der Waals surface area contributed by atoms with Crippen molar-refractivity contribution in [2.24, 2.45) is 0 Å². The van der Waals surface area contributed by atoms with Crippen molar-refractivity contribution >= 4 is 26.5 Å². The number of carbonyl (C=O) groups is 3. The molecule has 0 aliphatic heterocycles. The predicted octanol–water partition coefficient (Wildman–Crippen LogP) is 16.3. The molecule has 0 saturated carbocycles. The average molecular weight is 1360 g/mol. The first-order valence-corrected chi connectivity index (χ1v) is 41.9. The van der Waals surface area contributed by atoms with Crippen molar-refractivity contribution in [3.8, 4) is 0 Å². The van der Waals surface area contributed by atoms with Gasteiger partial charge in [0, 0.05) is 31.7 Å². The molecule has 0 fully saturated rings. The fraction of sp³-hybridized carbons (Fsp3) is 0.961. The molecule has 0 unspecified atom stereocenters. The number of aliphatic hydroxyl groups is 6. The monoisotopic (exact) mass is 1360 g/mol. The van der Waals surface area contributed by atoms with Gasteiger partial charge in [-0.15, -0.1) is 0 Å². The van der Waals surface area contributed by atoms with Gasteiger partial charge in [0.2, 0.25) is 17.7 Å². The standard InChI is InChI=1S/C77H156N4O12Si/c1-7-11-15-19-23-27-30-31-32-33-34-35-36-39-43-47-51-55-60-81(5,6)61-56-62-94(91-69-75(63-82,64-83)78-72(88)57-52-48-44-40-26-22-18-14-10-4,92-70-76(65-84,66-85)79-73(89)58-53-49-45-41-37-28-24-20-16-12-8-2)93-71-77(67-86,68-87)80-74(90)59-54-50-46-42-38-29-25-21-17-13-9-3/h82-87H,7-71H2,1-6H3,(H2-,78,79,80,88,89,90)/p+1. The number of hydrogen-bond acceptors (Lipinski definition) is 12. The number of rotatable bonds is 75. The van der Waals surface area contributed by atoms with Crippen molar-refractivity contribution in [2.75, 3.05) is 86.6 Å². The van der Waals surface area contributed by atoms with Gasteiger partial charge in [0.1, 0.15) is 16.6 Å². The molecular weight excluding hydrogens is 1200 g/mol. The topological polar surface area (TPSA) is 236 Å². The van der Waals surface area contributed by atoms with Crippen molar-refractivity contribution in [2.45, 2.75) is 391 Å². The third kappa shape index (κ3) is 51.4. The van der Waals surface area contributed by atoms with Crippen LogP contribution in [-0.4, -0.2) is 165 Å². The van der Waals surface area contributed by atoms with Crippen molar-refractivity contribution in [1.29, 1.82) is 0 Å². The number of nitrogens with one attached hydrogen (secondary N) is 3. The molecule has 0 spiro atoms. The molecule has 0 heterocycles. The highest BCUT2D eigenvalue weighted by Crippen LogP contribution is 2.27. The Morgan fingerprint density at radius 3 is 0.670 bits per heavy atom. The molecule has 0 atom stereocenters. The predicted molar refractivity (Wildman–Crippen MR) is 393 cm³/mol. The summed E-state index contributed by atoms with van der Waals surface area (Å²) in [5.74, 6) is -1.07. The zero-order valence-corrected chi connectivity index (χ0v) is 63.5. The van der Waals surface area contributed by atoms with Gasteiger partial charge >= 0.3 is 8.80 Å². The Morgan fingerprint density at radius 1 is 0.287 bits per heavy atom. The van der Waals surface area contributed by atoms with Crippen molar-refractivity contribution in [3.63, 3.8) is 0 Å². The lowest BCUT2D eigenvalue weighted by Gasteiger charge is -2.41. The van der Waals surface area contributed by atoms with E-state index in [1.165, 1.54) is 225 Å². The van der Waals surface area contributed by atoms with Crippen LogP contribution in [0.5, 0.6) is 0 Å². The third-order valence-corrected chi connectivity index (χ3v) is 22.3. The van der Waals surface area contributed by atoms with E-state index < -0.39 is 84.9 Å². The molecule has 0 aliphatic rings. The summed E-state index contributed by atoms with van der Waals surface area (Å²) in [6.45, 7) is 4.94. The van der Waals surface area contributed by atoms with Crippen molar-refractivity contribution < 1.29 is 62.8 Å². The summed E-state index contributed by atoms with van der Waals surface area (Å²) in [5.41, 5.74) is -5.07. The van der Waals surface area contributed by atoms with Gasteiger partial charge in [0.05, 0.1) is 86.6 Å². The third-order valence-electron chi connectivity index (χ3n) is 19.6. The lowest BCUT2D eigenvalue weighted by molar-refractivity contribution is -0.890. The SMILES string of the molecule is CCCCCCCCCCCCCCCCCCCC[N+](C)(C)CCC[Si](OCC(CO)(CO)NC(=O)CCCCCCCCCCC)(OCC(CO)(CO)NC(=O)CCCCCCCCCCCCC)OCC(CO)(CO)NC(=O)CCCCCCCCCCCCC. The Labute approximate surface area is 579 Å². The lowest BCUT2D eigenvalue weighted by atomic mass is 10.0. The molecule has 0 aromatic heterocycles. The highest BCUT2D eigenvalue weighted by molar-refractivity contribution is 6.60. The number of carbonyl (C=O) groups excluding carboxylic acids is 3. The van der Waals surface area contributed by atoms with E-state index in [9.17, 15) is 45.0 Å². The minimum Gasteiger partial charge on any atom is -0.394 e. The second-order valence-electron chi connectivity index (χ2n) is 29.6. The number of aliphatic hydroxyl groups excluding tert-OH is 6. The van der Waals surface area contributed by atoms with Crippen molar-refractivity contribution in [1.82, 2.24) is 16.0 Å². The van der Waals surface area contributed by atoms with Crippen LogP contribution < -0.4 is 16.0 Å². The van der Waals surface area contributed by atoms with Crippen LogP contribution >= 0.6 is 0 Å². The summed E-state index contributed by atoms with van der Waals surface area (Å²) in [6, 6.07) is 0.117. The molecule has 560 valence electrons. The minimum atomic E-state index is -4.35. The summed E-state index contributed by atoms with van der Waals surface area (Å²) in [6.07, 6.45) is 59.1. The van der Waals surface area contributed by atoms with E-state index in [1.807, 2.05) is 0 Å². The fourth-order valence-corrected chi connectivity index (χ4v) is 15.5. The molecule has 0 bridgehead atoms. The van der Waals surface area contributed by atoms with E-state index in [2.05, 4.69) is 57.7 Å². The van der Waals surface area contributed by atoms with Gasteiger partial charge in [0.15, 0.2) is 0 Å². The summed E-state index contributed by atoms with van der Waals surface area (Å²) in [7, 11) is 0.0220. The van der Waals surface area contributed by atoms with Crippen molar-refractivity contribution in [3.05, 3.63) is 0 Å². The van der Waals surface area contributed by atoms with E-state index in [4.69, 9.17) is 13.3 Å². The van der Waals surface area contributed by atoms with Gasteiger partial charge in [-0.2, -0.15) is 0 Å². The first kappa shape index (κ1) is 92.2. The molecule has 0 radical (unpaired) electrons. The second kappa shape index (κ2) is 63.4. The number of amides is 3. The Balaban J connectivity index is 6.61. The van der Waals surface area contributed by atoms with E-state index in [-0.39, 0.29) is 43.0 Å². The van der Waals surface area contributed by atoms with Gasteiger partial charge in [0.25, 0.3) is 0 Å². The van der Waals surface area contributed by atoms with E-state index >= 15 is 0 Å². The molecule has 0 aliphatic carbocycles. The molecule has 0 aromatic carbocycles. The van der Waals surface area contributed by atoms with E-state index in [0.717, 1.165) is 77.2 Å². The van der Waals surface area contributed by atoms with Gasteiger partial charge in [-0.05, 0) is 32.1 Å². The zero-order chi connectivity index (χ0) is 69.4. The Hall–Kier alpha value is -1.77. The van der Waals surface area contributed by atoms with Crippen LogP contribution in [0, 0.1) is 0 Å². The average Bonchev–Trinajstić information content (AvgIpc) is 0.838. The molecule has 9 N–H and O–H groups in total. The Bertz CT molecular complexity index is 1630. The number of unbranched alkanes of at least 4 members (excludes halogenated alkanes) is 45. The number of hydrogen-bond donors (Lipinski definition) is 9. The highest BCUT2D eigenvalue weighted by Gasteiger charge is 2.49. The van der Waals surface area contributed by atoms with Gasteiger partial charge in [-0.1, -0.05) is 310 Å². The van der Waals surface area contributed by atoms with E-state index in [0.29, 0.717) is 36.7 Å². The molecule has 0 saturated heterocycles. The lowest BCUT2D eigenvalue weighted by Crippen LogP contribution is -2.64. The minimum absolute atomic E-state index is 0.117. The largest absolute Gasteiger partial charge is 0.501 e. The maximum absolute atomic E-state index is 13.7. The van der Waals surface area contributed by atoms with Crippen LogP contribution in [0.15, 0.2) is 0 Å². The van der Waals surface area contributed by atoms with E-state index in [1.54, 1.807) is 0 Å². The number of quaternary nitrogens is 1. The maximum Gasteiger partial charge on any atom is 0.501 e. The molecule has 0 aromatic rings. The summed E-state index contributed by atoms with van der Waals surface area (Å²) in [4.78, 5) is 41.1. The smallest absolute Gasteiger partial charge is 0.394 e. The molecule has 17 heteroatoms. The van der Waals surface area contributed by atoms with Crippen LogP contribution in [0.25, 0.3) is 0 Å². The van der Waals surface area contributed by atoms with Gasteiger partial charge in [-0.3, -0.25) is 14.4 Å². The van der Waals surface area contributed by atoms with Gasteiger partial charge < -0.3 is 64.4 Å². The van der Waals surface area contributed by atoms with Crippen LogP contribution in [0.4, 0.5) is 0 Å². The second-order valence-corrected chi connectivity index (χ2v) is 32.4. The summed E-state index contributed by atoms with van der Waals surface area (Å²) < 4.78 is 21.3. The van der Waals surface area contributed by atoms with Crippen LogP contribution in [0.2, 0.25) is 6.04 Å². The zero-order valence-electron chi connectivity index (χ0n) is 62.5. The summed E-state index contributed by atoms with van der Waals surface area (Å²) >= 11 is 0. The van der Waals surface area contributed by atoms with Crippen LogP contribution in [-0.2, 0) is 27.7 Å². The summed E-state index contributed by atoms with van der Waals surface area (Å²) in [5, 5.41) is 75.1. The van der Waals surface area contributed by atoms with Crippen LogP contribution in [0.3, 0.4) is 0 Å². The molecule has 3 amide bonds. The Morgan fingerprint density at radius 2 is 0.468 bits per heavy atom. The highest BCUT2D eigenvalue weighted by atomic mass is 28.4. The maximum atomic E-state index is 13.7. The first-order chi connectivity index (χ1) is 45.6. The molecule has 16 nitrogen and oxygen atoms in total. The van der Waals surface area contributed by atoms with Gasteiger partial charge in [-0.25, -0.2) is 0 Å². The normalized spacial score (nSPS) is 12.5. The molecule has 94 heavy (non-hydrogen) atoms. The quantitative estimate of drug-likeness (QED) is 0.0157. The van der Waals surface area contributed by atoms with Crippen LogP contribution in [0.1, 0.15) is 368 Å². The first-order valence-electron chi connectivity index (χ1n) is 39.9. The molecule has 0 rings (SSSR count).